The fourth-order valence-corrected chi connectivity index (χ4v) is 2.75. The van der Waals surface area contributed by atoms with Crippen LogP contribution in [0.1, 0.15) is 11.1 Å². The van der Waals surface area contributed by atoms with Gasteiger partial charge in [-0.1, -0.05) is 24.3 Å². The minimum Gasteiger partial charge on any atom is -0.488 e. The maximum atomic E-state index is 12.6. The summed E-state index contributed by atoms with van der Waals surface area (Å²) in [5, 5.41) is 12.9. The molecule has 1 N–H and O–H groups in total. The topological polar surface area (TPSA) is 119 Å². The Morgan fingerprint density at radius 1 is 1.10 bits per heavy atom. The second-order valence-corrected chi connectivity index (χ2v) is 6.27. The summed E-state index contributed by atoms with van der Waals surface area (Å²) in [6.45, 7) is 3.59. The molecule has 9 heteroatoms. The van der Waals surface area contributed by atoms with Crippen molar-refractivity contribution in [1.29, 1.82) is 0 Å². The Hall–Kier alpha value is -4.27. The standard InChI is InChI=1S/C21H17N3O6/c1-2-11-23-20(26)17(19(25)22-21(23)27)12-15-5-3-4-6-18(15)30-13-14-7-9-16(10-8-14)24(28)29/h2-10,12H,1,11,13H2,(H,22,25,27)/b17-12-. The van der Waals surface area contributed by atoms with Gasteiger partial charge in [-0.3, -0.25) is 29.9 Å². The van der Waals surface area contributed by atoms with E-state index in [1.807, 2.05) is 0 Å². The number of nitrogens with zero attached hydrogens (tertiary/aromatic N) is 2. The van der Waals surface area contributed by atoms with Gasteiger partial charge < -0.3 is 4.74 Å². The number of nitro benzene ring substituents is 1. The van der Waals surface area contributed by atoms with Crippen molar-refractivity contribution in [2.24, 2.45) is 0 Å². The molecule has 152 valence electrons. The highest BCUT2D eigenvalue weighted by molar-refractivity contribution is 6.31. The van der Waals surface area contributed by atoms with Crippen LogP contribution in [0.25, 0.3) is 6.08 Å². The Kier molecular flexibility index (Phi) is 6.02. The first kappa shape index (κ1) is 20.5. The molecule has 1 aliphatic rings. The van der Waals surface area contributed by atoms with Crippen LogP contribution in [-0.4, -0.2) is 34.2 Å². The third kappa shape index (κ3) is 4.41. The molecule has 2 aromatic carbocycles. The number of imide groups is 2. The highest BCUT2D eigenvalue weighted by Gasteiger charge is 2.35. The van der Waals surface area contributed by atoms with Crippen LogP contribution in [-0.2, 0) is 16.2 Å². The van der Waals surface area contributed by atoms with Gasteiger partial charge in [0.05, 0.1) is 4.92 Å². The summed E-state index contributed by atoms with van der Waals surface area (Å²) < 4.78 is 5.78. The first-order valence-electron chi connectivity index (χ1n) is 8.85. The maximum absolute atomic E-state index is 12.6. The van der Waals surface area contributed by atoms with Crippen molar-refractivity contribution in [2.45, 2.75) is 6.61 Å². The summed E-state index contributed by atoms with van der Waals surface area (Å²) in [5.41, 5.74) is 0.940. The van der Waals surface area contributed by atoms with Gasteiger partial charge in [0.25, 0.3) is 17.5 Å². The Bertz CT molecular complexity index is 1060. The van der Waals surface area contributed by atoms with Gasteiger partial charge in [0.1, 0.15) is 17.9 Å². The summed E-state index contributed by atoms with van der Waals surface area (Å²) in [7, 11) is 0. The molecule has 0 saturated carbocycles. The summed E-state index contributed by atoms with van der Waals surface area (Å²) in [4.78, 5) is 47.7. The number of amides is 4. The largest absolute Gasteiger partial charge is 0.488 e. The van der Waals surface area contributed by atoms with Crippen LogP contribution in [0.2, 0.25) is 0 Å². The van der Waals surface area contributed by atoms with Gasteiger partial charge in [-0.05, 0) is 29.8 Å². The highest BCUT2D eigenvalue weighted by atomic mass is 16.6. The van der Waals surface area contributed by atoms with Gasteiger partial charge in [0.2, 0.25) is 0 Å². The molecule has 1 fully saturated rings. The van der Waals surface area contributed by atoms with Gasteiger partial charge >= 0.3 is 6.03 Å². The van der Waals surface area contributed by atoms with Crippen LogP contribution >= 0.6 is 0 Å². The quantitative estimate of drug-likeness (QED) is 0.248. The molecule has 0 atom stereocenters. The molecule has 0 aliphatic carbocycles. The van der Waals surface area contributed by atoms with Gasteiger partial charge in [-0.2, -0.15) is 0 Å². The fraction of sp³-hybridized carbons (Fsp3) is 0.0952. The van der Waals surface area contributed by atoms with Gasteiger partial charge in [-0.25, -0.2) is 4.79 Å². The molecule has 1 aliphatic heterocycles. The first-order valence-corrected chi connectivity index (χ1v) is 8.85. The average molecular weight is 407 g/mol. The van der Waals surface area contributed by atoms with Crippen LogP contribution in [0.5, 0.6) is 5.75 Å². The van der Waals surface area contributed by atoms with E-state index in [0.717, 1.165) is 4.90 Å². The van der Waals surface area contributed by atoms with Crippen molar-refractivity contribution >= 4 is 29.6 Å². The van der Waals surface area contributed by atoms with Crippen LogP contribution in [0.3, 0.4) is 0 Å². The number of rotatable bonds is 7. The Morgan fingerprint density at radius 2 is 1.80 bits per heavy atom. The lowest BCUT2D eigenvalue weighted by atomic mass is 10.1. The molecule has 0 bridgehead atoms. The van der Waals surface area contributed by atoms with E-state index in [2.05, 4.69) is 11.9 Å². The SMILES string of the molecule is C=CCN1C(=O)NC(=O)/C(=C/c2ccccc2OCc2ccc([N+](=O)[O-])cc2)C1=O. The van der Waals surface area contributed by atoms with Gasteiger partial charge in [-0.15, -0.1) is 6.58 Å². The predicted octanol–water partition coefficient (Wildman–Crippen LogP) is 2.82. The predicted molar refractivity (Wildman–Crippen MR) is 107 cm³/mol. The second kappa shape index (κ2) is 8.82. The summed E-state index contributed by atoms with van der Waals surface area (Å²) in [6.07, 6.45) is 2.73. The molecule has 1 saturated heterocycles. The number of urea groups is 1. The molecule has 0 radical (unpaired) electrons. The van der Waals surface area contributed by atoms with Gasteiger partial charge in [0, 0.05) is 24.2 Å². The molecular weight excluding hydrogens is 390 g/mol. The number of hydrogen-bond donors (Lipinski definition) is 1. The van der Waals surface area contributed by atoms with Crippen molar-refractivity contribution in [2.75, 3.05) is 6.54 Å². The fourth-order valence-electron chi connectivity index (χ4n) is 2.75. The zero-order valence-corrected chi connectivity index (χ0v) is 15.7. The van der Waals surface area contributed by atoms with Crippen molar-refractivity contribution in [3.8, 4) is 5.75 Å². The lowest BCUT2D eigenvalue weighted by Gasteiger charge is -2.25. The molecular formula is C21H17N3O6. The monoisotopic (exact) mass is 407 g/mol. The Balaban J connectivity index is 1.83. The lowest BCUT2D eigenvalue weighted by molar-refractivity contribution is -0.384. The lowest BCUT2D eigenvalue weighted by Crippen LogP contribution is -2.54. The summed E-state index contributed by atoms with van der Waals surface area (Å²) >= 11 is 0. The van der Waals surface area contributed by atoms with Crippen molar-refractivity contribution in [1.82, 2.24) is 10.2 Å². The third-order valence-electron chi connectivity index (χ3n) is 4.26. The molecule has 3 rings (SSSR count). The minimum atomic E-state index is -0.801. The molecule has 0 unspecified atom stereocenters. The summed E-state index contributed by atoms with van der Waals surface area (Å²) in [5.74, 6) is -1.12. The molecule has 0 aromatic heterocycles. The van der Waals surface area contributed by atoms with E-state index in [9.17, 15) is 24.5 Å². The Morgan fingerprint density at radius 3 is 2.47 bits per heavy atom. The van der Waals surface area contributed by atoms with Crippen LogP contribution in [0.15, 0.2) is 66.8 Å². The number of nitrogens with one attached hydrogen (secondary N) is 1. The van der Waals surface area contributed by atoms with Crippen LogP contribution in [0.4, 0.5) is 10.5 Å². The maximum Gasteiger partial charge on any atom is 0.331 e. The van der Waals surface area contributed by atoms with Crippen molar-refractivity contribution in [3.63, 3.8) is 0 Å². The molecule has 2 aromatic rings. The number of benzene rings is 2. The number of hydrogen-bond acceptors (Lipinski definition) is 6. The molecule has 0 spiro atoms. The smallest absolute Gasteiger partial charge is 0.331 e. The van der Waals surface area contributed by atoms with E-state index in [0.29, 0.717) is 16.9 Å². The normalized spacial score (nSPS) is 15.1. The van der Waals surface area contributed by atoms with E-state index in [1.54, 1.807) is 36.4 Å². The van der Waals surface area contributed by atoms with E-state index in [1.165, 1.54) is 24.3 Å². The zero-order valence-electron chi connectivity index (χ0n) is 15.7. The minimum absolute atomic E-state index is 0.0238. The Labute approximate surface area is 171 Å². The number of nitro groups is 1. The zero-order chi connectivity index (χ0) is 21.7. The number of carbonyl (C=O) groups excluding carboxylic acids is 3. The van der Waals surface area contributed by atoms with E-state index in [-0.39, 0.29) is 24.4 Å². The number of ether oxygens (including phenoxy) is 1. The number of carbonyl (C=O) groups is 3. The number of non-ortho nitro benzene ring substituents is 1. The highest BCUT2D eigenvalue weighted by Crippen LogP contribution is 2.24. The van der Waals surface area contributed by atoms with E-state index in [4.69, 9.17) is 4.74 Å². The number of barbiturate groups is 1. The number of para-hydroxylation sites is 1. The average Bonchev–Trinajstić information content (AvgIpc) is 2.73. The van der Waals surface area contributed by atoms with Crippen molar-refractivity contribution in [3.05, 3.63) is 88.0 Å². The molecule has 9 nitrogen and oxygen atoms in total. The van der Waals surface area contributed by atoms with Crippen LogP contribution in [0, 0.1) is 10.1 Å². The van der Waals surface area contributed by atoms with E-state index < -0.39 is 22.8 Å². The second-order valence-electron chi connectivity index (χ2n) is 6.27. The first-order chi connectivity index (χ1) is 14.4. The van der Waals surface area contributed by atoms with Crippen LogP contribution < -0.4 is 10.1 Å². The van der Waals surface area contributed by atoms with Crippen molar-refractivity contribution < 1.29 is 24.0 Å². The molecule has 1 heterocycles. The summed E-state index contributed by atoms with van der Waals surface area (Å²) in [6, 6.07) is 11.9. The van der Waals surface area contributed by atoms with Gasteiger partial charge in [0.15, 0.2) is 0 Å². The third-order valence-corrected chi connectivity index (χ3v) is 4.26. The molecule has 4 amide bonds. The van der Waals surface area contributed by atoms with E-state index >= 15 is 0 Å². The molecule has 30 heavy (non-hydrogen) atoms.